The summed E-state index contributed by atoms with van der Waals surface area (Å²) in [7, 11) is 0. The molecule has 11 heavy (non-hydrogen) atoms. The Bertz CT molecular complexity index is 342. The Balaban J connectivity index is 3.18. The number of hydrogen-bond donors (Lipinski definition) is 0. The van der Waals surface area contributed by atoms with Crippen molar-refractivity contribution in [2.24, 2.45) is 0 Å². The van der Waals surface area contributed by atoms with Crippen LogP contribution in [-0.4, -0.2) is 0 Å². The van der Waals surface area contributed by atoms with Crippen LogP contribution in [0.15, 0.2) is 10.5 Å². The lowest BCUT2D eigenvalue weighted by Gasteiger charge is -1.84. The van der Waals surface area contributed by atoms with Crippen LogP contribution in [0.5, 0.6) is 0 Å². The van der Waals surface area contributed by atoms with E-state index in [0.29, 0.717) is 16.7 Å². The van der Waals surface area contributed by atoms with Gasteiger partial charge < -0.3 is 4.42 Å². The average Bonchev–Trinajstić information content (AvgIpc) is 2.46. The van der Waals surface area contributed by atoms with E-state index in [4.69, 9.17) is 14.9 Å². The minimum absolute atomic E-state index is 0.177. The van der Waals surface area contributed by atoms with E-state index >= 15 is 0 Å². The van der Waals surface area contributed by atoms with E-state index in [1.54, 1.807) is 0 Å². The van der Waals surface area contributed by atoms with Gasteiger partial charge in [-0.1, -0.05) is 15.9 Å². The topological polar surface area (TPSA) is 60.7 Å². The van der Waals surface area contributed by atoms with Crippen molar-refractivity contribution in [3.8, 4) is 12.1 Å². The lowest BCUT2D eigenvalue weighted by molar-refractivity contribution is 0.517. The van der Waals surface area contributed by atoms with Crippen LogP contribution in [0.25, 0.3) is 0 Å². The monoisotopic (exact) mass is 210 g/mol. The molecule has 0 aliphatic carbocycles. The molecule has 0 aliphatic heterocycles. The predicted molar refractivity (Wildman–Crippen MR) is 40.8 cm³/mol. The molecular weight excluding hydrogens is 208 g/mol. The first kappa shape index (κ1) is 7.84. The molecule has 0 N–H and O–H groups in total. The maximum Gasteiger partial charge on any atom is 0.205 e. The molecule has 54 valence electrons. The highest BCUT2D eigenvalue weighted by Gasteiger charge is 2.07. The van der Waals surface area contributed by atoms with E-state index in [2.05, 4.69) is 15.9 Å². The summed E-state index contributed by atoms with van der Waals surface area (Å²) < 4.78 is 4.97. The average molecular weight is 211 g/mol. The zero-order chi connectivity index (χ0) is 8.27. The molecule has 0 amide bonds. The molecular formula is C7H3BrN2O. The third kappa shape index (κ3) is 1.42. The summed E-state index contributed by atoms with van der Waals surface area (Å²) in [6.07, 6.45) is 0. The van der Waals surface area contributed by atoms with Gasteiger partial charge in [0.15, 0.2) is 0 Å². The summed E-state index contributed by atoms with van der Waals surface area (Å²) in [5.41, 5.74) is 0.415. The maximum absolute atomic E-state index is 8.52. The number of furan rings is 1. The highest BCUT2D eigenvalue weighted by atomic mass is 79.9. The quantitative estimate of drug-likeness (QED) is 0.666. The molecule has 3 nitrogen and oxygen atoms in total. The molecule has 0 fully saturated rings. The summed E-state index contributed by atoms with van der Waals surface area (Å²) in [6.45, 7) is 0. The number of nitriles is 2. The van der Waals surface area contributed by atoms with Gasteiger partial charge in [0, 0.05) is 6.07 Å². The van der Waals surface area contributed by atoms with Gasteiger partial charge in [-0.05, 0) is 0 Å². The molecule has 0 aliphatic rings. The molecule has 1 aromatic rings. The minimum atomic E-state index is 0.177. The van der Waals surface area contributed by atoms with Crippen molar-refractivity contribution < 1.29 is 4.42 Å². The molecule has 0 saturated carbocycles. The van der Waals surface area contributed by atoms with E-state index in [9.17, 15) is 0 Å². The molecule has 1 aromatic heterocycles. The summed E-state index contributed by atoms with van der Waals surface area (Å²) in [4.78, 5) is 0. The van der Waals surface area contributed by atoms with Gasteiger partial charge in [0.05, 0.1) is 10.9 Å². The molecule has 0 saturated heterocycles. The molecule has 0 spiro atoms. The third-order valence-corrected chi connectivity index (χ3v) is 1.67. The molecule has 0 unspecified atom stereocenters. The number of nitrogens with zero attached hydrogens (tertiary/aromatic N) is 2. The van der Waals surface area contributed by atoms with Crippen molar-refractivity contribution in [3.63, 3.8) is 0 Å². The summed E-state index contributed by atoms with van der Waals surface area (Å²) in [6, 6.07) is 5.17. The standard InChI is InChI=1S/C7H3BrN2O/c8-2-7-5(3-9)1-6(4-10)11-7/h1H,2H2. The lowest BCUT2D eigenvalue weighted by atomic mass is 10.3. The van der Waals surface area contributed by atoms with Gasteiger partial charge >= 0.3 is 0 Å². The second kappa shape index (κ2) is 3.23. The van der Waals surface area contributed by atoms with E-state index in [0.717, 1.165) is 0 Å². The first-order chi connectivity index (χ1) is 5.31. The van der Waals surface area contributed by atoms with E-state index < -0.39 is 0 Å². The fraction of sp³-hybridized carbons (Fsp3) is 0.143. The maximum atomic E-state index is 8.52. The zero-order valence-corrected chi connectivity index (χ0v) is 7.05. The Morgan fingerprint density at radius 2 is 2.18 bits per heavy atom. The van der Waals surface area contributed by atoms with E-state index in [1.807, 2.05) is 12.1 Å². The lowest BCUT2D eigenvalue weighted by Crippen LogP contribution is -1.74. The van der Waals surface area contributed by atoms with Crippen LogP contribution in [0.1, 0.15) is 17.1 Å². The number of halogens is 1. The molecule has 1 rings (SSSR count). The number of alkyl halides is 1. The SMILES string of the molecule is N#Cc1cc(C#N)c(CBr)o1. The van der Waals surface area contributed by atoms with Crippen molar-refractivity contribution in [2.45, 2.75) is 5.33 Å². The van der Waals surface area contributed by atoms with Crippen LogP contribution in [0.3, 0.4) is 0 Å². The Morgan fingerprint density at radius 1 is 1.45 bits per heavy atom. The molecule has 1 heterocycles. The predicted octanol–water partition coefficient (Wildman–Crippen LogP) is 1.92. The smallest absolute Gasteiger partial charge is 0.205 e. The van der Waals surface area contributed by atoms with Gasteiger partial charge in [-0.15, -0.1) is 0 Å². The van der Waals surface area contributed by atoms with Crippen molar-refractivity contribution in [1.82, 2.24) is 0 Å². The highest BCUT2D eigenvalue weighted by Crippen LogP contribution is 2.16. The van der Waals surface area contributed by atoms with Crippen LogP contribution >= 0.6 is 15.9 Å². The fourth-order valence-corrected chi connectivity index (χ4v) is 1.09. The van der Waals surface area contributed by atoms with Crippen molar-refractivity contribution in [3.05, 3.63) is 23.2 Å². The fourth-order valence-electron chi connectivity index (χ4n) is 0.678. The van der Waals surface area contributed by atoms with E-state index in [1.165, 1.54) is 6.07 Å². The van der Waals surface area contributed by atoms with Gasteiger partial charge in [-0.3, -0.25) is 0 Å². The van der Waals surface area contributed by atoms with Gasteiger partial charge in [-0.2, -0.15) is 10.5 Å². The van der Waals surface area contributed by atoms with Crippen LogP contribution in [-0.2, 0) is 5.33 Å². The molecule has 0 aromatic carbocycles. The largest absolute Gasteiger partial charge is 0.448 e. The third-order valence-electron chi connectivity index (χ3n) is 1.16. The van der Waals surface area contributed by atoms with Crippen molar-refractivity contribution >= 4 is 15.9 Å². The van der Waals surface area contributed by atoms with Gasteiger partial charge in [-0.25, -0.2) is 0 Å². The minimum Gasteiger partial charge on any atom is -0.448 e. The van der Waals surface area contributed by atoms with E-state index in [-0.39, 0.29) is 5.76 Å². The van der Waals surface area contributed by atoms with Crippen LogP contribution in [0, 0.1) is 22.7 Å². The Labute approximate surface area is 72.0 Å². The molecule has 4 heteroatoms. The molecule has 0 atom stereocenters. The first-order valence-corrected chi connectivity index (χ1v) is 3.93. The summed E-state index contributed by atoms with van der Waals surface area (Å²) in [5.74, 6) is 0.681. The number of hydrogen-bond acceptors (Lipinski definition) is 3. The Kier molecular flexibility index (Phi) is 2.30. The molecule has 0 radical (unpaired) electrons. The highest BCUT2D eigenvalue weighted by molar-refractivity contribution is 9.08. The van der Waals surface area contributed by atoms with Crippen molar-refractivity contribution in [1.29, 1.82) is 10.5 Å². The second-order valence-electron chi connectivity index (χ2n) is 1.80. The Morgan fingerprint density at radius 3 is 2.55 bits per heavy atom. The van der Waals surface area contributed by atoms with Crippen molar-refractivity contribution in [2.75, 3.05) is 0 Å². The van der Waals surface area contributed by atoms with Gasteiger partial charge in [0.2, 0.25) is 5.76 Å². The van der Waals surface area contributed by atoms with Gasteiger partial charge in [0.25, 0.3) is 0 Å². The molecule has 0 bridgehead atoms. The zero-order valence-electron chi connectivity index (χ0n) is 5.47. The second-order valence-corrected chi connectivity index (χ2v) is 2.37. The van der Waals surface area contributed by atoms with Crippen LogP contribution in [0.4, 0.5) is 0 Å². The first-order valence-electron chi connectivity index (χ1n) is 2.80. The summed E-state index contributed by atoms with van der Waals surface area (Å²) in [5, 5.41) is 17.4. The van der Waals surface area contributed by atoms with Crippen LogP contribution in [0.2, 0.25) is 0 Å². The Hall–Kier alpha value is -1.26. The summed E-state index contributed by atoms with van der Waals surface area (Å²) >= 11 is 3.14. The van der Waals surface area contributed by atoms with Gasteiger partial charge in [0.1, 0.15) is 17.9 Å². The van der Waals surface area contributed by atoms with Crippen LogP contribution < -0.4 is 0 Å². The number of rotatable bonds is 1. The normalized spacial score (nSPS) is 8.64.